The van der Waals surface area contributed by atoms with Gasteiger partial charge in [-0.1, -0.05) is 0 Å². The molecule has 152 valence electrons. The smallest absolute Gasteiger partial charge is 0.343 e. The Morgan fingerprint density at radius 3 is 2.18 bits per heavy atom. The van der Waals surface area contributed by atoms with E-state index in [1.165, 1.54) is 24.3 Å². The van der Waals surface area contributed by atoms with Gasteiger partial charge in [0.15, 0.2) is 24.0 Å². The number of hydrogen-bond donors (Lipinski definition) is 0. The number of non-ortho nitro benzene ring substituents is 1. The monoisotopic (exact) mass is 395 g/mol. The van der Waals surface area contributed by atoms with E-state index in [1.54, 1.807) is 27.7 Å². The molecule has 28 heavy (non-hydrogen) atoms. The number of fused-ring (bicyclic) bond motifs is 3. The fourth-order valence-corrected chi connectivity index (χ4v) is 3.61. The van der Waals surface area contributed by atoms with E-state index in [0.717, 1.165) is 0 Å². The highest BCUT2D eigenvalue weighted by Crippen LogP contribution is 2.44. The summed E-state index contributed by atoms with van der Waals surface area (Å²) < 4.78 is 34.6. The summed E-state index contributed by atoms with van der Waals surface area (Å²) in [5.41, 5.74) is -0.107. The molecule has 1 aromatic carbocycles. The van der Waals surface area contributed by atoms with Gasteiger partial charge in [0.1, 0.15) is 24.1 Å². The van der Waals surface area contributed by atoms with Gasteiger partial charge in [0.25, 0.3) is 5.69 Å². The third-order valence-electron chi connectivity index (χ3n) is 4.65. The molecular formula is C18H21NO9. The average molecular weight is 395 g/mol. The minimum atomic E-state index is -1.11. The van der Waals surface area contributed by atoms with Crippen molar-refractivity contribution >= 4 is 11.7 Å². The number of carbonyl (C=O) groups is 1. The van der Waals surface area contributed by atoms with Crippen molar-refractivity contribution in [1.29, 1.82) is 0 Å². The predicted molar refractivity (Wildman–Crippen MR) is 91.3 cm³/mol. The van der Waals surface area contributed by atoms with Gasteiger partial charge in [-0.3, -0.25) is 10.1 Å². The fourth-order valence-electron chi connectivity index (χ4n) is 3.61. The SMILES string of the molecule is CC1(C)OC2OC(C(=O)Oc3ccc([N+](=O)[O-])cc3)C3OC(C)(C)OC3C2O1. The molecule has 0 spiro atoms. The van der Waals surface area contributed by atoms with Gasteiger partial charge in [0, 0.05) is 12.1 Å². The zero-order valence-corrected chi connectivity index (χ0v) is 15.8. The van der Waals surface area contributed by atoms with Crippen molar-refractivity contribution < 1.29 is 38.1 Å². The van der Waals surface area contributed by atoms with Crippen LogP contribution in [0.3, 0.4) is 0 Å². The summed E-state index contributed by atoms with van der Waals surface area (Å²) in [5.74, 6) is -2.39. The average Bonchev–Trinajstić information content (AvgIpc) is 3.08. The van der Waals surface area contributed by atoms with Gasteiger partial charge in [-0.15, -0.1) is 0 Å². The molecule has 3 saturated heterocycles. The van der Waals surface area contributed by atoms with Crippen LogP contribution >= 0.6 is 0 Å². The largest absolute Gasteiger partial charge is 0.425 e. The van der Waals surface area contributed by atoms with Crippen LogP contribution in [0.15, 0.2) is 24.3 Å². The maximum Gasteiger partial charge on any atom is 0.343 e. The Morgan fingerprint density at radius 1 is 0.964 bits per heavy atom. The molecule has 3 aliphatic heterocycles. The normalized spacial score (nSPS) is 35.1. The first kappa shape index (κ1) is 19.2. The van der Waals surface area contributed by atoms with Gasteiger partial charge >= 0.3 is 5.97 Å². The number of benzene rings is 1. The lowest BCUT2D eigenvalue weighted by molar-refractivity contribution is -0.384. The summed E-state index contributed by atoms with van der Waals surface area (Å²) in [6.45, 7) is 6.96. The minimum Gasteiger partial charge on any atom is -0.425 e. The number of nitrogens with zero attached hydrogens (tertiary/aromatic N) is 1. The van der Waals surface area contributed by atoms with Gasteiger partial charge in [-0.2, -0.15) is 0 Å². The van der Waals surface area contributed by atoms with Crippen LogP contribution in [-0.4, -0.2) is 53.2 Å². The van der Waals surface area contributed by atoms with Gasteiger partial charge in [0.05, 0.1) is 4.92 Å². The second kappa shape index (κ2) is 6.46. The summed E-state index contributed by atoms with van der Waals surface area (Å²) in [6, 6.07) is 5.18. The van der Waals surface area contributed by atoms with E-state index < -0.39 is 53.2 Å². The van der Waals surface area contributed by atoms with Gasteiger partial charge in [0.2, 0.25) is 0 Å². The Labute approximate surface area is 160 Å². The highest BCUT2D eigenvalue weighted by atomic mass is 16.9. The number of esters is 1. The van der Waals surface area contributed by atoms with E-state index in [1.807, 2.05) is 0 Å². The molecule has 1 aromatic rings. The van der Waals surface area contributed by atoms with Gasteiger partial charge in [-0.05, 0) is 39.8 Å². The van der Waals surface area contributed by atoms with Crippen molar-refractivity contribution in [1.82, 2.24) is 0 Å². The summed E-state index contributed by atoms with van der Waals surface area (Å²) in [6.07, 6.45) is -3.81. The summed E-state index contributed by atoms with van der Waals surface area (Å²) in [4.78, 5) is 23.0. The van der Waals surface area contributed by atoms with E-state index >= 15 is 0 Å². The maximum absolute atomic E-state index is 12.8. The highest BCUT2D eigenvalue weighted by molar-refractivity contribution is 5.78. The van der Waals surface area contributed by atoms with E-state index in [4.69, 9.17) is 28.4 Å². The van der Waals surface area contributed by atoms with Crippen molar-refractivity contribution in [3.05, 3.63) is 34.4 Å². The standard InChI is InChI=1S/C18H21NO9/c1-17(2)25-11-12(26-17)14-16(28-18(3,4)27-14)24-13(11)15(20)23-10-7-5-9(6-8-10)19(21)22/h5-8,11-14,16H,1-4H3. The quantitative estimate of drug-likeness (QED) is 0.327. The lowest BCUT2D eigenvalue weighted by Crippen LogP contribution is -2.58. The second-order valence-electron chi connectivity index (χ2n) is 7.76. The fraction of sp³-hybridized carbons (Fsp3) is 0.611. The van der Waals surface area contributed by atoms with Crippen LogP contribution in [0.5, 0.6) is 5.75 Å². The molecule has 0 bridgehead atoms. The van der Waals surface area contributed by atoms with Crippen LogP contribution in [-0.2, 0) is 28.5 Å². The molecule has 0 aliphatic carbocycles. The number of rotatable bonds is 3. The molecule has 0 amide bonds. The second-order valence-corrected chi connectivity index (χ2v) is 7.76. The molecule has 5 unspecified atom stereocenters. The van der Waals surface area contributed by atoms with Crippen LogP contribution < -0.4 is 4.74 Å². The Balaban J connectivity index is 1.54. The Kier molecular flexibility index (Phi) is 4.43. The van der Waals surface area contributed by atoms with Crippen LogP contribution in [0.25, 0.3) is 0 Å². The molecule has 3 fully saturated rings. The van der Waals surface area contributed by atoms with Crippen LogP contribution in [0, 0.1) is 10.1 Å². The van der Waals surface area contributed by atoms with Gasteiger partial charge < -0.3 is 28.4 Å². The molecule has 10 nitrogen and oxygen atoms in total. The Bertz CT molecular complexity index is 791. The highest BCUT2D eigenvalue weighted by Gasteiger charge is 2.62. The van der Waals surface area contributed by atoms with Crippen molar-refractivity contribution in [2.75, 3.05) is 0 Å². The van der Waals surface area contributed by atoms with Crippen molar-refractivity contribution in [2.24, 2.45) is 0 Å². The zero-order valence-electron chi connectivity index (χ0n) is 15.8. The number of hydrogen-bond acceptors (Lipinski definition) is 9. The molecule has 5 atom stereocenters. The number of carbonyl (C=O) groups excluding carboxylic acids is 1. The minimum absolute atomic E-state index is 0.107. The zero-order chi connectivity index (χ0) is 20.3. The first-order valence-corrected chi connectivity index (χ1v) is 8.88. The van der Waals surface area contributed by atoms with Gasteiger partial charge in [-0.25, -0.2) is 4.79 Å². The third-order valence-corrected chi connectivity index (χ3v) is 4.65. The Morgan fingerprint density at radius 2 is 1.54 bits per heavy atom. The summed E-state index contributed by atoms with van der Waals surface area (Å²) in [7, 11) is 0. The lowest BCUT2D eigenvalue weighted by atomic mass is 9.99. The van der Waals surface area contributed by atoms with E-state index in [-0.39, 0.29) is 11.4 Å². The molecule has 0 aromatic heterocycles. The molecule has 10 heteroatoms. The van der Waals surface area contributed by atoms with Crippen molar-refractivity contribution in [2.45, 2.75) is 70.0 Å². The Hall–Kier alpha value is -2.11. The maximum atomic E-state index is 12.8. The number of nitro groups is 1. The van der Waals surface area contributed by atoms with Crippen LogP contribution in [0.1, 0.15) is 27.7 Å². The number of ether oxygens (including phenoxy) is 6. The van der Waals surface area contributed by atoms with E-state index in [0.29, 0.717) is 0 Å². The van der Waals surface area contributed by atoms with E-state index in [9.17, 15) is 14.9 Å². The predicted octanol–water partition coefficient (Wildman–Crippen LogP) is 1.90. The molecule has 3 heterocycles. The van der Waals surface area contributed by atoms with Crippen molar-refractivity contribution in [3.8, 4) is 5.75 Å². The topological polar surface area (TPSA) is 116 Å². The molecule has 0 saturated carbocycles. The molecule has 0 radical (unpaired) electrons. The summed E-state index contributed by atoms with van der Waals surface area (Å²) in [5, 5.41) is 10.7. The lowest BCUT2D eigenvalue weighted by Gasteiger charge is -2.35. The van der Waals surface area contributed by atoms with E-state index in [2.05, 4.69) is 0 Å². The van der Waals surface area contributed by atoms with Crippen LogP contribution in [0.2, 0.25) is 0 Å². The molecule has 0 N–H and O–H groups in total. The summed E-state index contributed by atoms with van der Waals surface area (Å²) >= 11 is 0. The molecule has 3 aliphatic rings. The number of nitro benzene ring substituents is 1. The molecular weight excluding hydrogens is 374 g/mol. The first-order chi connectivity index (χ1) is 13.0. The van der Waals surface area contributed by atoms with Crippen LogP contribution in [0.4, 0.5) is 5.69 Å². The first-order valence-electron chi connectivity index (χ1n) is 8.88. The van der Waals surface area contributed by atoms with Crippen molar-refractivity contribution in [3.63, 3.8) is 0 Å². The molecule has 4 rings (SSSR count). The third kappa shape index (κ3) is 3.49.